The Labute approximate surface area is 161 Å². The van der Waals surface area contributed by atoms with E-state index in [1.165, 1.54) is 5.56 Å². The molecule has 1 atom stereocenters. The first kappa shape index (κ1) is 19.8. The molecule has 0 aliphatic carbocycles. The summed E-state index contributed by atoms with van der Waals surface area (Å²) in [4.78, 5) is 31.1. The number of benzene rings is 1. The van der Waals surface area contributed by atoms with Gasteiger partial charge in [0, 0.05) is 45.0 Å². The number of hydrogen-bond donors (Lipinski definition) is 1. The van der Waals surface area contributed by atoms with Gasteiger partial charge in [0.15, 0.2) is 0 Å². The molecule has 2 fully saturated rings. The summed E-state index contributed by atoms with van der Waals surface area (Å²) in [7, 11) is 0. The highest BCUT2D eigenvalue weighted by Crippen LogP contribution is 2.12. The number of morpholine rings is 1. The van der Waals surface area contributed by atoms with Gasteiger partial charge in [-0.05, 0) is 26.0 Å². The lowest BCUT2D eigenvalue weighted by Gasteiger charge is -2.38. The summed E-state index contributed by atoms with van der Waals surface area (Å²) >= 11 is 0. The van der Waals surface area contributed by atoms with Crippen LogP contribution in [0.4, 0.5) is 5.69 Å². The van der Waals surface area contributed by atoms with E-state index in [1.807, 2.05) is 43.0 Å². The topological polar surface area (TPSA) is 65.1 Å². The van der Waals surface area contributed by atoms with Crippen molar-refractivity contribution in [2.24, 2.45) is 0 Å². The molecule has 7 heteroatoms. The Morgan fingerprint density at radius 3 is 2.30 bits per heavy atom. The van der Waals surface area contributed by atoms with Gasteiger partial charge in [-0.1, -0.05) is 17.7 Å². The van der Waals surface area contributed by atoms with Crippen LogP contribution in [0.1, 0.15) is 12.5 Å². The largest absolute Gasteiger partial charge is 0.378 e. The van der Waals surface area contributed by atoms with E-state index >= 15 is 0 Å². The molecule has 2 saturated heterocycles. The van der Waals surface area contributed by atoms with E-state index in [0.717, 1.165) is 31.9 Å². The highest BCUT2D eigenvalue weighted by molar-refractivity contribution is 5.94. The van der Waals surface area contributed by atoms with Crippen molar-refractivity contribution in [2.75, 3.05) is 64.3 Å². The number of anilines is 1. The Morgan fingerprint density at radius 2 is 1.67 bits per heavy atom. The SMILES string of the molecule is Cc1ccc(NC(=O)[C@H](C)N2CCN(CC(=O)N3CCOCC3)CC2)cc1. The number of amides is 2. The van der Waals surface area contributed by atoms with Crippen LogP contribution in [-0.2, 0) is 14.3 Å². The number of aryl methyl sites for hydroxylation is 1. The maximum absolute atomic E-state index is 12.5. The molecular weight excluding hydrogens is 344 g/mol. The predicted molar refractivity (Wildman–Crippen MR) is 105 cm³/mol. The van der Waals surface area contributed by atoms with Crippen LogP contribution in [0.15, 0.2) is 24.3 Å². The summed E-state index contributed by atoms with van der Waals surface area (Å²) < 4.78 is 5.30. The molecule has 1 N–H and O–H groups in total. The Hall–Kier alpha value is -1.96. The van der Waals surface area contributed by atoms with Gasteiger partial charge in [-0.15, -0.1) is 0 Å². The monoisotopic (exact) mass is 374 g/mol. The molecule has 0 unspecified atom stereocenters. The average Bonchev–Trinajstić information content (AvgIpc) is 2.70. The van der Waals surface area contributed by atoms with E-state index in [0.29, 0.717) is 32.8 Å². The van der Waals surface area contributed by atoms with Gasteiger partial charge in [0.1, 0.15) is 0 Å². The number of ether oxygens (including phenoxy) is 1. The third-order valence-corrected chi connectivity index (χ3v) is 5.38. The molecule has 0 aromatic heterocycles. The summed E-state index contributed by atoms with van der Waals surface area (Å²) in [5.74, 6) is 0.189. The summed E-state index contributed by atoms with van der Waals surface area (Å²) in [5.41, 5.74) is 2.00. The molecule has 2 aliphatic rings. The summed E-state index contributed by atoms with van der Waals surface area (Å²) in [6, 6.07) is 7.64. The quantitative estimate of drug-likeness (QED) is 0.826. The lowest BCUT2D eigenvalue weighted by Crippen LogP contribution is -2.55. The van der Waals surface area contributed by atoms with Crippen LogP contribution in [0, 0.1) is 6.92 Å². The maximum Gasteiger partial charge on any atom is 0.241 e. The van der Waals surface area contributed by atoms with Crippen LogP contribution in [0.5, 0.6) is 0 Å². The first-order valence-electron chi connectivity index (χ1n) is 9.72. The first-order valence-corrected chi connectivity index (χ1v) is 9.72. The molecule has 0 bridgehead atoms. The molecule has 2 aliphatic heterocycles. The smallest absolute Gasteiger partial charge is 0.241 e. The Kier molecular flexibility index (Phi) is 6.82. The van der Waals surface area contributed by atoms with Crippen molar-refractivity contribution in [3.8, 4) is 0 Å². The van der Waals surface area contributed by atoms with E-state index in [9.17, 15) is 9.59 Å². The van der Waals surface area contributed by atoms with E-state index in [-0.39, 0.29) is 17.9 Å². The van der Waals surface area contributed by atoms with E-state index < -0.39 is 0 Å². The lowest BCUT2D eigenvalue weighted by atomic mass is 10.2. The molecular formula is C20H30N4O3. The fourth-order valence-electron chi connectivity index (χ4n) is 3.46. The van der Waals surface area contributed by atoms with Crippen LogP contribution in [0.25, 0.3) is 0 Å². The third-order valence-electron chi connectivity index (χ3n) is 5.38. The Balaban J connectivity index is 1.43. The highest BCUT2D eigenvalue weighted by Gasteiger charge is 2.27. The van der Waals surface area contributed by atoms with Crippen LogP contribution < -0.4 is 5.32 Å². The number of nitrogens with zero attached hydrogens (tertiary/aromatic N) is 3. The Bertz CT molecular complexity index is 635. The normalized spacial score (nSPS) is 20.3. The first-order chi connectivity index (χ1) is 13.0. The minimum absolute atomic E-state index is 0.0108. The molecule has 1 aromatic carbocycles. The van der Waals surface area contributed by atoms with Gasteiger partial charge in [0.2, 0.25) is 11.8 Å². The molecule has 7 nitrogen and oxygen atoms in total. The number of carbonyl (C=O) groups is 2. The van der Waals surface area contributed by atoms with Crippen molar-refractivity contribution in [1.82, 2.24) is 14.7 Å². The molecule has 1 aromatic rings. The van der Waals surface area contributed by atoms with Crippen molar-refractivity contribution >= 4 is 17.5 Å². The van der Waals surface area contributed by atoms with Gasteiger partial charge in [0.25, 0.3) is 0 Å². The molecule has 27 heavy (non-hydrogen) atoms. The molecule has 3 rings (SSSR count). The van der Waals surface area contributed by atoms with Crippen molar-refractivity contribution in [3.05, 3.63) is 29.8 Å². The third kappa shape index (κ3) is 5.51. The molecule has 148 valence electrons. The molecule has 0 saturated carbocycles. The molecule has 2 heterocycles. The average molecular weight is 374 g/mol. The molecule has 0 spiro atoms. The van der Waals surface area contributed by atoms with E-state index in [4.69, 9.17) is 4.74 Å². The van der Waals surface area contributed by atoms with Crippen molar-refractivity contribution < 1.29 is 14.3 Å². The fraction of sp³-hybridized carbons (Fsp3) is 0.600. The van der Waals surface area contributed by atoms with Gasteiger partial charge in [-0.2, -0.15) is 0 Å². The van der Waals surface area contributed by atoms with Crippen molar-refractivity contribution in [2.45, 2.75) is 19.9 Å². The van der Waals surface area contributed by atoms with Gasteiger partial charge in [-0.25, -0.2) is 0 Å². The van der Waals surface area contributed by atoms with Crippen molar-refractivity contribution in [3.63, 3.8) is 0 Å². The second-order valence-corrected chi connectivity index (χ2v) is 7.34. The number of piperazine rings is 1. The standard InChI is InChI=1S/C20H30N4O3/c1-16-3-5-18(6-4-16)21-20(26)17(2)23-9-7-22(8-10-23)15-19(25)24-11-13-27-14-12-24/h3-6,17H,7-15H2,1-2H3,(H,21,26)/t17-/m0/s1. The molecule has 2 amide bonds. The lowest BCUT2D eigenvalue weighted by molar-refractivity contribution is -0.137. The number of hydrogen-bond acceptors (Lipinski definition) is 5. The summed E-state index contributed by atoms with van der Waals surface area (Å²) in [5, 5.41) is 2.99. The van der Waals surface area contributed by atoms with Crippen LogP contribution >= 0.6 is 0 Å². The van der Waals surface area contributed by atoms with E-state index in [1.54, 1.807) is 0 Å². The number of carbonyl (C=O) groups excluding carboxylic acids is 2. The maximum atomic E-state index is 12.5. The zero-order valence-corrected chi connectivity index (χ0v) is 16.3. The summed E-state index contributed by atoms with van der Waals surface area (Å²) in [6.45, 7) is 10.3. The zero-order chi connectivity index (χ0) is 19.2. The van der Waals surface area contributed by atoms with Gasteiger partial charge in [-0.3, -0.25) is 19.4 Å². The second kappa shape index (κ2) is 9.30. The second-order valence-electron chi connectivity index (χ2n) is 7.34. The van der Waals surface area contributed by atoms with E-state index in [2.05, 4.69) is 15.1 Å². The van der Waals surface area contributed by atoms with Crippen LogP contribution in [-0.4, -0.2) is 91.6 Å². The number of rotatable bonds is 5. The minimum Gasteiger partial charge on any atom is -0.378 e. The minimum atomic E-state index is -0.191. The summed E-state index contributed by atoms with van der Waals surface area (Å²) in [6.07, 6.45) is 0. The fourth-order valence-corrected chi connectivity index (χ4v) is 3.46. The predicted octanol–water partition coefficient (Wildman–Crippen LogP) is 0.798. The zero-order valence-electron chi connectivity index (χ0n) is 16.3. The van der Waals surface area contributed by atoms with Gasteiger partial charge >= 0.3 is 0 Å². The molecule has 0 radical (unpaired) electrons. The van der Waals surface area contributed by atoms with Crippen LogP contribution in [0.3, 0.4) is 0 Å². The van der Waals surface area contributed by atoms with Crippen molar-refractivity contribution in [1.29, 1.82) is 0 Å². The highest BCUT2D eigenvalue weighted by atomic mass is 16.5. The van der Waals surface area contributed by atoms with Gasteiger partial charge < -0.3 is 15.0 Å². The Morgan fingerprint density at radius 1 is 1.04 bits per heavy atom. The van der Waals surface area contributed by atoms with Gasteiger partial charge in [0.05, 0.1) is 25.8 Å². The van der Waals surface area contributed by atoms with Crippen LogP contribution in [0.2, 0.25) is 0 Å². The number of nitrogens with one attached hydrogen (secondary N) is 1.